The van der Waals surface area contributed by atoms with Gasteiger partial charge in [0, 0.05) is 32.2 Å². The molecular weight excluding hydrogens is 611 g/mol. The van der Waals surface area contributed by atoms with Crippen molar-refractivity contribution in [3.63, 3.8) is 0 Å². The van der Waals surface area contributed by atoms with Gasteiger partial charge in [0.1, 0.15) is 0 Å². The van der Waals surface area contributed by atoms with Crippen LogP contribution in [0, 0.1) is 37.7 Å². The fraction of sp³-hybridized carbons (Fsp3) is 0.516. The van der Waals surface area contributed by atoms with E-state index in [1.807, 2.05) is 6.20 Å². The second kappa shape index (κ2) is 12.1. The van der Waals surface area contributed by atoms with Crippen molar-refractivity contribution in [1.29, 1.82) is 0 Å². The van der Waals surface area contributed by atoms with Crippen LogP contribution in [0.25, 0.3) is 22.0 Å². The van der Waals surface area contributed by atoms with Gasteiger partial charge in [-0.15, -0.1) is 34.9 Å². The molecule has 2 fully saturated rings. The van der Waals surface area contributed by atoms with Crippen LogP contribution < -0.4 is 0 Å². The van der Waals surface area contributed by atoms with Crippen molar-refractivity contribution in [2.75, 3.05) is 0 Å². The fourth-order valence-electron chi connectivity index (χ4n) is 6.03. The molecule has 5 atom stereocenters. The van der Waals surface area contributed by atoms with Crippen LogP contribution in [-0.4, -0.2) is 27.4 Å². The molecule has 2 saturated carbocycles. The monoisotopic (exact) mass is 651 g/mol. The number of aliphatic hydroxyl groups is 2. The Kier molecular flexibility index (Phi) is 9.68. The van der Waals surface area contributed by atoms with E-state index in [0.29, 0.717) is 17.8 Å². The zero-order valence-corrected chi connectivity index (χ0v) is 24.1. The van der Waals surface area contributed by atoms with Crippen molar-refractivity contribution in [2.45, 2.75) is 84.8 Å². The molecule has 0 aliphatic heterocycles. The summed E-state index contributed by atoms with van der Waals surface area (Å²) >= 11 is 0. The molecule has 3 nitrogen and oxygen atoms in total. The standard InChI is InChI=1S/C20H20N.C11H20O2.Ir/c1-13(2)16-5-6-19-17(12-16)7-8-21-20(19)18-10-14(3)9-15(4)11-18;1-7-6-8-4-2-3-5-9(12)10(8)11(7)13;/h5-10,12-13H,1-4H3;7-13H,2-6H2,1H3;/q-1;;. The van der Waals surface area contributed by atoms with Crippen LogP contribution in [0.2, 0.25) is 0 Å². The third-order valence-electron chi connectivity index (χ3n) is 7.82. The fourth-order valence-corrected chi connectivity index (χ4v) is 6.03. The van der Waals surface area contributed by atoms with Crippen molar-refractivity contribution in [3.05, 3.63) is 65.4 Å². The maximum atomic E-state index is 9.93. The Bertz CT molecular complexity index is 1110. The molecule has 5 rings (SSSR count). The van der Waals surface area contributed by atoms with Gasteiger partial charge >= 0.3 is 0 Å². The van der Waals surface area contributed by atoms with Gasteiger partial charge < -0.3 is 15.2 Å². The number of hydrogen-bond donors (Lipinski definition) is 2. The Morgan fingerprint density at radius 1 is 1.00 bits per heavy atom. The van der Waals surface area contributed by atoms with Gasteiger partial charge in [-0.3, -0.25) is 0 Å². The maximum Gasteiger partial charge on any atom is 0.0621 e. The van der Waals surface area contributed by atoms with Crippen molar-refractivity contribution >= 4 is 10.8 Å². The Hall–Kier alpha value is -1.58. The Morgan fingerprint density at radius 3 is 2.46 bits per heavy atom. The first-order valence-electron chi connectivity index (χ1n) is 13.0. The Labute approximate surface area is 224 Å². The van der Waals surface area contributed by atoms with E-state index in [4.69, 9.17) is 0 Å². The molecule has 1 radical (unpaired) electrons. The topological polar surface area (TPSA) is 53.4 Å². The predicted molar refractivity (Wildman–Crippen MR) is 141 cm³/mol. The Balaban J connectivity index is 0.000000211. The van der Waals surface area contributed by atoms with E-state index in [2.05, 4.69) is 82.1 Å². The molecule has 3 aromatic rings. The molecule has 2 aliphatic rings. The van der Waals surface area contributed by atoms with Gasteiger partial charge in [-0.05, 0) is 65.1 Å². The second-order valence-corrected chi connectivity index (χ2v) is 10.9. The van der Waals surface area contributed by atoms with E-state index in [1.54, 1.807) is 0 Å². The van der Waals surface area contributed by atoms with E-state index in [0.717, 1.165) is 36.1 Å². The second-order valence-electron chi connectivity index (χ2n) is 10.9. The summed E-state index contributed by atoms with van der Waals surface area (Å²) < 4.78 is 0. The largest absolute Gasteiger partial charge is 0.393 e. The molecule has 1 heterocycles. The third kappa shape index (κ3) is 6.41. The molecule has 4 heteroatoms. The molecule has 1 aromatic heterocycles. The van der Waals surface area contributed by atoms with Gasteiger partial charge in [0.15, 0.2) is 0 Å². The third-order valence-corrected chi connectivity index (χ3v) is 7.82. The molecule has 5 unspecified atom stereocenters. The number of fused-ring (bicyclic) bond motifs is 2. The van der Waals surface area contributed by atoms with Crippen molar-refractivity contribution in [2.24, 2.45) is 17.8 Å². The summed E-state index contributed by atoms with van der Waals surface area (Å²) in [5.74, 6) is 1.70. The molecule has 0 bridgehead atoms. The summed E-state index contributed by atoms with van der Waals surface area (Å²) in [5.41, 5.74) is 5.87. The molecule has 2 aliphatic carbocycles. The van der Waals surface area contributed by atoms with E-state index in [1.165, 1.54) is 34.7 Å². The minimum absolute atomic E-state index is 0. The number of rotatable bonds is 2. The van der Waals surface area contributed by atoms with Crippen LogP contribution in [-0.2, 0) is 20.1 Å². The zero-order chi connectivity index (χ0) is 24.4. The van der Waals surface area contributed by atoms with Crippen molar-refractivity contribution in [1.82, 2.24) is 4.98 Å². The molecule has 35 heavy (non-hydrogen) atoms. The molecule has 2 aromatic carbocycles. The zero-order valence-electron chi connectivity index (χ0n) is 21.7. The number of hydrogen-bond acceptors (Lipinski definition) is 3. The average molecular weight is 651 g/mol. The molecule has 0 spiro atoms. The summed E-state index contributed by atoms with van der Waals surface area (Å²) in [6, 6.07) is 16.5. The molecule has 191 valence electrons. The first-order chi connectivity index (χ1) is 16.2. The minimum atomic E-state index is -0.252. The number of nitrogens with zero attached hydrogens (tertiary/aromatic N) is 1. The molecule has 0 saturated heterocycles. The van der Waals surface area contributed by atoms with Crippen LogP contribution in [0.5, 0.6) is 0 Å². The van der Waals surface area contributed by atoms with E-state index in [9.17, 15) is 10.2 Å². The number of pyridine rings is 1. The first-order valence-corrected chi connectivity index (χ1v) is 13.0. The number of aryl methyl sites for hydroxylation is 2. The van der Waals surface area contributed by atoms with Crippen molar-refractivity contribution < 1.29 is 30.3 Å². The predicted octanol–water partition coefficient (Wildman–Crippen LogP) is 6.99. The van der Waals surface area contributed by atoms with E-state index in [-0.39, 0.29) is 38.2 Å². The first kappa shape index (κ1) is 28.0. The van der Waals surface area contributed by atoms with Crippen LogP contribution in [0.4, 0.5) is 0 Å². The van der Waals surface area contributed by atoms with Crippen LogP contribution >= 0.6 is 0 Å². The van der Waals surface area contributed by atoms with E-state index < -0.39 is 0 Å². The molecular formula is C31H40IrNO2-. The normalized spacial score (nSPS) is 25.9. The van der Waals surface area contributed by atoms with Crippen LogP contribution in [0.3, 0.4) is 0 Å². The number of aromatic nitrogens is 1. The van der Waals surface area contributed by atoms with Crippen LogP contribution in [0.1, 0.15) is 75.5 Å². The average Bonchev–Trinajstić information content (AvgIpc) is 2.96. The summed E-state index contributed by atoms with van der Waals surface area (Å²) in [5, 5.41) is 22.3. The van der Waals surface area contributed by atoms with Gasteiger partial charge in [-0.25, -0.2) is 0 Å². The van der Waals surface area contributed by atoms with Gasteiger partial charge in [0.05, 0.1) is 12.2 Å². The van der Waals surface area contributed by atoms with Crippen molar-refractivity contribution in [3.8, 4) is 11.3 Å². The van der Waals surface area contributed by atoms with Gasteiger partial charge in [-0.2, -0.15) is 0 Å². The number of aliphatic hydroxyl groups excluding tert-OH is 2. The summed E-state index contributed by atoms with van der Waals surface area (Å²) in [4.78, 5) is 4.60. The summed E-state index contributed by atoms with van der Waals surface area (Å²) in [6.45, 7) is 10.7. The Morgan fingerprint density at radius 2 is 1.74 bits per heavy atom. The minimum Gasteiger partial charge on any atom is -0.393 e. The molecule has 0 amide bonds. The SMILES string of the molecule is CC1CC2CCCCC(O)C2C1O.Cc1[c-]c(-c2nccc3cc(C(C)C)ccc23)cc(C)c1.[Ir]. The quantitative estimate of drug-likeness (QED) is 0.294. The summed E-state index contributed by atoms with van der Waals surface area (Å²) in [6.07, 6.45) is 6.99. The number of benzene rings is 2. The molecule has 2 N–H and O–H groups in total. The van der Waals surface area contributed by atoms with Crippen LogP contribution in [0.15, 0.2) is 42.6 Å². The van der Waals surface area contributed by atoms with Gasteiger partial charge in [-0.1, -0.05) is 65.7 Å². The van der Waals surface area contributed by atoms with E-state index >= 15 is 0 Å². The van der Waals surface area contributed by atoms with Gasteiger partial charge in [0.2, 0.25) is 0 Å². The van der Waals surface area contributed by atoms with Gasteiger partial charge in [0.25, 0.3) is 0 Å². The smallest absolute Gasteiger partial charge is 0.0621 e. The maximum absolute atomic E-state index is 9.93. The summed E-state index contributed by atoms with van der Waals surface area (Å²) in [7, 11) is 0.